The van der Waals surface area contributed by atoms with E-state index >= 15 is 0 Å². The molecule has 0 saturated heterocycles. The van der Waals surface area contributed by atoms with Crippen LogP contribution in [-0.4, -0.2) is 31.8 Å². The van der Waals surface area contributed by atoms with Gasteiger partial charge in [-0.25, -0.2) is 0 Å². The molecule has 0 bridgehead atoms. The van der Waals surface area contributed by atoms with Gasteiger partial charge < -0.3 is 9.73 Å². The van der Waals surface area contributed by atoms with E-state index in [1.165, 1.54) is 0 Å². The summed E-state index contributed by atoms with van der Waals surface area (Å²) in [4.78, 5) is 13.1. The van der Waals surface area contributed by atoms with Crippen molar-refractivity contribution in [2.45, 2.75) is 39.7 Å². The normalized spacial score (nSPS) is 12.3. The standard InChI is InChI=1S/C17H21N5O2S/c1-4-6-13-16(25-21-19-13)17(23)18-10-14(15-7-5-8-24-15)22-12(3)9-11(2)20-22/h5,7-9,14H,4,6,10H2,1-3H3,(H,18,23). The number of nitrogens with zero attached hydrogens (tertiary/aromatic N) is 4. The third-order valence-corrected chi connectivity index (χ3v) is 4.68. The summed E-state index contributed by atoms with van der Waals surface area (Å²) in [5.74, 6) is 0.597. The number of nitrogens with one attached hydrogen (secondary N) is 1. The Morgan fingerprint density at radius 2 is 2.28 bits per heavy atom. The molecule has 0 aliphatic rings. The van der Waals surface area contributed by atoms with E-state index in [0.717, 1.165) is 47.2 Å². The van der Waals surface area contributed by atoms with Crippen LogP contribution in [0.2, 0.25) is 0 Å². The van der Waals surface area contributed by atoms with E-state index in [2.05, 4.69) is 26.9 Å². The van der Waals surface area contributed by atoms with Crippen LogP contribution in [0.25, 0.3) is 0 Å². The van der Waals surface area contributed by atoms with Crippen molar-refractivity contribution in [2.24, 2.45) is 0 Å². The van der Waals surface area contributed by atoms with E-state index in [1.54, 1.807) is 6.26 Å². The highest BCUT2D eigenvalue weighted by Crippen LogP contribution is 2.21. The Balaban J connectivity index is 1.78. The van der Waals surface area contributed by atoms with Crippen LogP contribution in [0.4, 0.5) is 0 Å². The molecule has 0 fully saturated rings. The van der Waals surface area contributed by atoms with Crippen molar-refractivity contribution in [3.05, 3.63) is 52.2 Å². The zero-order chi connectivity index (χ0) is 17.8. The third kappa shape index (κ3) is 3.79. The first kappa shape index (κ1) is 17.3. The fourth-order valence-corrected chi connectivity index (χ4v) is 3.43. The number of amides is 1. The Kier molecular flexibility index (Phi) is 5.28. The van der Waals surface area contributed by atoms with Crippen LogP contribution >= 0.6 is 11.5 Å². The van der Waals surface area contributed by atoms with Crippen LogP contribution < -0.4 is 5.32 Å². The second kappa shape index (κ2) is 7.60. The Bertz CT molecular complexity index is 837. The first-order valence-electron chi connectivity index (χ1n) is 8.25. The van der Waals surface area contributed by atoms with Gasteiger partial charge in [-0.15, -0.1) is 5.10 Å². The molecule has 1 amide bonds. The molecule has 7 nitrogen and oxygen atoms in total. The topological polar surface area (TPSA) is 85.8 Å². The molecule has 0 radical (unpaired) electrons. The molecule has 3 rings (SSSR count). The number of hydrogen-bond acceptors (Lipinski definition) is 6. The van der Waals surface area contributed by atoms with Crippen LogP contribution in [0.15, 0.2) is 28.9 Å². The first-order valence-corrected chi connectivity index (χ1v) is 9.03. The number of carbonyl (C=O) groups is 1. The van der Waals surface area contributed by atoms with Crippen LogP contribution in [0, 0.1) is 13.8 Å². The van der Waals surface area contributed by atoms with Gasteiger partial charge in [0.15, 0.2) is 0 Å². The van der Waals surface area contributed by atoms with Gasteiger partial charge >= 0.3 is 0 Å². The maximum Gasteiger partial charge on any atom is 0.265 e. The van der Waals surface area contributed by atoms with Crippen molar-refractivity contribution < 1.29 is 9.21 Å². The minimum absolute atomic E-state index is 0.156. The van der Waals surface area contributed by atoms with E-state index in [9.17, 15) is 4.79 Å². The lowest BCUT2D eigenvalue weighted by atomic mass is 10.2. The van der Waals surface area contributed by atoms with Crippen LogP contribution in [0.3, 0.4) is 0 Å². The quantitative estimate of drug-likeness (QED) is 0.701. The Hall–Kier alpha value is -2.48. The summed E-state index contributed by atoms with van der Waals surface area (Å²) in [5, 5.41) is 11.6. The van der Waals surface area contributed by atoms with Gasteiger partial charge in [0.05, 0.1) is 17.7 Å². The molecule has 8 heteroatoms. The highest BCUT2D eigenvalue weighted by atomic mass is 32.1. The van der Waals surface area contributed by atoms with Gasteiger partial charge in [0.25, 0.3) is 5.91 Å². The summed E-state index contributed by atoms with van der Waals surface area (Å²) >= 11 is 1.13. The fraction of sp³-hybridized carbons (Fsp3) is 0.412. The number of carbonyl (C=O) groups excluding carboxylic acids is 1. The van der Waals surface area contributed by atoms with Crippen molar-refractivity contribution in [1.82, 2.24) is 24.7 Å². The summed E-state index contributed by atoms with van der Waals surface area (Å²) in [6.07, 6.45) is 3.30. The van der Waals surface area contributed by atoms with Crippen molar-refractivity contribution >= 4 is 17.4 Å². The minimum atomic E-state index is -0.205. The van der Waals surface area contributed by atoms with Crippen molar-refractivity contribution in [3.8, 4) is 0 Å². The fourth-order valence-electron chi connectivity index (χ4n) is 2.80. The average molecular weight is 359 g/mol. The highest BCUT2D eigenvalue weighted by Gasteiger charge is 2.22. The van der Waals surface area contributed by atoms with Gasteiger partial charge in [-0.3, -0.25) is 9.48 Å². The second-order valence-electron chi connectivity index (χ2n) is 5.91. The number of aryl methyl sites for hydroxylation is 3. The maximum absolute atomic E-state index is 12.6. The molecule has 0 aliphatic heterocycles. The molecule has 3 aromatic heterocycles. The highest BCUT2D eigenvalue weighted by molar-refractivity contribution is 7.08. The van der Waals surface area contributed by atoms with Crippen molar-refractivity contribution in [3.63, 3.8) is 0 Å². The molecular weight excluding hydrogens is 338 g/mol. The largest absolute Gasteiger partial charge is 0.467 e. The van der Waals surface area contributed by atoms with E-state index in [0.29, 0.717) is 11.4 Å². The summed E-state index contributed by atoms with van der Waals surface area (Å²) in [5.41, 5.74) is 2.70. The first-order chi connectivity index (χ1) is 12.1. The van der Waals surface area contributed by atoms with E-state index in [-0.39, 0.29) is 11.9 Å². The molecule has 0 saturated carbocycles. The molecule has 3 aromatic rings. The Morgan fingerprint density at radius 1 is 1.44 bits per heavy atom. The van der Waals surface area contributed by atoms with E-state index in [1.807, 2.05) is 36.7 Å². The van der Waals surface area contributed by atoms with Gasteiger partial charge in [-0.05, 0) is 50.0 Å². The van der Waals surface area contributed by atoms with Gasteiger partial charge in [0, 0.05) is 12.2 Å². The molecule has 132 valence electrons. The van der Waals surface area contributed by atoms with Crippen LogP contribution in [0.1, 0.15) is 51.9 Å². The van der Waals surface area contributed by atoms with Crippen molar-refractivity contribution in [2.75, 3.05) is 6.54 Å². The third-order valence-electron chi connectivity index (χ3n) is 3.92. The predicted octanol–water partition coefficient (Wildman–Crippen LogP) is 2.92. The number of furan rings is 1. The SMILES string of the molecule is CCCc1nnsc1C(=O)NCC(c1ccco1)n1nc(C)cc1C. The molecule has 0 spiro atoms. The molecule has 0 aromatic carbocycles. The summed E-state index contributed by atoms with van der Waals surface area (Å²) in [7, 11) is 0. The zero-order valence-electron chi connectivity index (χ0n) is 14.5. The second-order valence-corrected chi connectivity index (χ2v) is 6.67. The van der Waals surface area contributed by atoms with Gasteiger partial charge in [-0.1, -0.05) is 17.8 Å². The summed E-state index contributed by atoms with van der Waals surface area (Å²) in [6, 6.07) is 5.53. The average Bonchev–Trinajstić information content (AvgIpc) is 3.30. The number of hydrogen-bond donors (Lipinski definition) is 1. The molecule has 3 heterocycles. The van der Waals surface area contributed by atoms with Gasteiger partial charge in [0.1, 0.15) is 16.7 Å². The van der Waals surface area contributed by atoms with Gasteiger partial charge in [0.2, 0.25) is 0 Å². The van der Waals surface area contributed by atoms with Gasteiger partial charge in [-0.2, -0.15) is 5.10 Å². The van der Waals surface area contributed by atoms with Crippen LogP contribution in [0.5, 0.6) is 0 Å². The maximum atomic E-state index is 12.6. The van der Waals surface area contributed by atoms with Crippen LogP contribution in [-0.2, 0) is 6.42 Å². The minimum Gasteiger partial charge on any atom is -0.467 e. The monoisotopic (exact) mass is 359 g/mol. The summed E-state index contributed by atoms with van der Waals surface area (Å²) in [6.45, 7) is 6.36. The smallest absolute Gasteiger partial charge is 0.265 e. The molecule has 1 N–H and O–H groups in total. The molecule has 1 unspecified atom stereocenters. The molecular formula is C17H21N5O2S. The Labute approximate surface area is 150 Å². The molecule has 1 atom stereocenters. The zero-order valence-corrected chi connectivity index (χ0v) is 15.3. The van der Waals surface area contributed by atoms with E-state index < -0.39 is 0 Å². The lowest BCUT2D eigenvalue weighted by Crippen LogP contribution is -2.32. The Morgan fingerprint density at radius 3 is 2.92 bits per heavy atom. The lowest BCUT2D eigenvalue weighted by Gasteiger charge is -2.18. The predicted molar refractivity (Wildman–Crippen MR) is 94.8 cm³/mol. The van der Waals surface area contributed by atoms with Crippen molar-refractivity contribution in [1.29, 1.82) is 0 Å². The summed E-state index contributed by atoms with van der Waals surface area (Å²) < 4.78 is 11.4. The lowest BCUT2D eigenvalue weighted by molar-refractivity contribution is 0.0951. The molecule has 25 heavy (non-hydrogen) atoms. The van der Waals surface area contributed by atoms with E-state index in [4.69, 9.17) is 4.42 Å². The number of rotatable bonds is 7. The molecule has 0 aliphatic carbocycles. The number of aromatic nitrogens is 4.